The number of rotatable bonds is 21. The third-order valence-corrected chi connectivity index (χ3v) is 7.69. The first kappa shape index (κ1) is 34.6. The van der Waals surface area contributed by atoms with Crippen LogP contribution in [-0.2, 0) is 4.79 Å². The van der Waals surface area contributed by atoms with Crippen LogP contribution in [0.1, 0.15) is 126 Å². The zero-order valence-corrected chi connectivity index (χ0v) is 26.2. The molecule has 0 unspecified atom stereocenters. The summed E-state index contributed by atoms with van der Waals surface area (Å²) in [7, 11) is 1.48. The molecule has 2 rings (SSSR count). The molecule has 0 aliphatic heterocycles. The summed E-state index contributed by atoms with van der Waals surface area (Å²) in [6.45, 7) is 2.27. The molecule has 2 aromatic rings. The van der Waals surface area contributed by atoms with Crippen molar-refractivity contribution in [2.45, 2.75) is 110 Å². The van der Waals surface area contributed by atoms with Gasteiger partial charge in [-0.25, -0.2) is 10.2 Å². The minimum Gasteiger partial charge on any atom is -0.493 e. The molecule has 1 amide bonds. The number of hydrazone groups is 1. The van der Waals surface area contributed by atoms with E-state index in [4.69, 9.17) is 32.7 Å². The van der Waals surface area contributed by atoms with Crippen LogP contribution in [-0.4, -0.2) is 25.2 Å². The lowest BCUT2D eigenvalue weighted by atomic mass is 10.0. The van der Waals surface area contributed by atoms with E-state index in [1.54, 1.807) is 18.2 Å². The molecule has 0 aliphatic carbocycles. The summed E-state index contributed by atoms with van der Waals surface area (Å²) in [4.78, 5) is 24.6. The molecule has 226 valence electrons. The van der Waals surface area contributed by atoms with Crippen LogP contribution in [0.5, 0.6) is 11.5 Å². The van der Waals surface area contributed by atoms with Gasteiger partial charge in [-0.15, -0.1) is 0 Å². The van der Waals surface area contributed by atoms with E-state index in [1.165, 1.54) is 115 Å². The molecule has 0 aromatic heterocycles. The maximum absolute atomic E-state index is 12.5. The quantitative estimate of drug-likeness (QED) is 0.0505. The third kappa shape index (κ3) is 14.8. The minimum atomic E-state index is -0.589. The fraction of sp³-hybridized carbons (Fsp3) is 0.545. The predicted octanol–water partition coefficient (Wildman–Crippen LogP) is 9.93. The van der Waals surface area contributed by atoms with Gasteiger partial charge >= 0.3 is 5.97 Å². The molecule has 0 bridgehead atoms. The number of halogens is 2. The molecule has 2 aromatic carbocycles. The number of carbonyl (C=O) groups excluding carboxylic acids is 2. The molecular weight excluding hydrogens is 559 g/mol. The van der Waals surface area contributed by atoms with E-state index in [1.807, 2.05) is 0 Å². The predicted molar refractivity (Wildman–Crippen MR) is 170 cm³/mol. The van der Waals surface area contributed by atoms with Crippen molar-refractivity contribution in [3.05, 3.63) is 57.6 Å². The van der Waals surface area contributed by atoms with Crippen molar-refractivity contribution in [3.8, 4) is 11.5 Å². The van der Waals surface area contributed by atoms with E-state index in [9.17, 15) is 9.59 Å². The average Bonchev–Trinajstić information content (AvgIpc) is 2.97. The van der Waals surface area contributed by atoms with Crippen LogP contribution >= 0.6 is 23.2 Å². The SMILES string of the molecule is CCCCCCCCCCCCCCCCCC(=O)NN=Cc1ccc(OC(=O)c2ccc(Cl)c(Cl)c2)c(OC)c1. The smallest absolute Gasteiger partial charge is 0.343 e. The van der Waals surface area contributed by atoms with E-state index < -0.39 is 5.97 Å². The van der Waals surface area contributed by atoms with Crippen molar-refractivity contribution in [2.75, 3.05) is 7.11 Å². The van der Waals surface area contributed by atoms with Gasteiger partial charge in [0.1, 0.15) is 0 Å². The zero-order valence-electron chi connectivity index (χ0n) is 24.7. The summed E-state index contributed by atoms with van der Waals surface area (Å²) in [6.07, 6.45) is 21.4. The highest BCUT2D eigenvalue weighted by molar-refractivity contribution is 6.42. The van der Waals surface area contributed by atoms with E-state index in [-0.39, 0.29) is 22.2 Å². The first-order valence-electron chi connectivity index (χ1n) is 15.1. The van der Waals surface area contributed by atoms with E-state index >= 15 is 0 Å². The lowest BCUT2D eigenvalue weighted by Crippen LogP contribution is -2.16. The molecule has 0 fully saturated rings. The first-order chi connectivity index (χ1) is 19.9. The Morgan fingerprint density at radius 1 is 0.756 bits per heavy atom. The highest BCUT2D eigenvalue weighted by atomic mass is 35.5. The number of ether oxygens (including phenoxy) is 2. The second-order valence-corrected chi connectivity index (χ2v) is 11.2. The van der Waals surface area contributed by atoms with E-state index in [0.717, 1.165) is 12.8 Å². The molecular formula is C33H46Cl2N2O4. The summed E-state index contributed by atoms with van der Waals surface area (Å²) in [5, 5.41) is 4.66. The van der Waals surface area contributed by atoms with Gasteiger partial charge in [0, 0.05) is 6.42 Å². The lowest BCUT2D eigenvalue weighted by Gasteiger charge is -2.10. The molecule has 0 radical (unpaired) electrons. The normalized spacial score (nSPS) is 11.1. The van der Waals surface area contributed by atoms with Gasteiger partial charge in [-0.3, -0.25) is 4.79 Å². The number of methoxy groups -OCH3 is 1. The molecule has 0 saturated carbocycles. The Kier molecular flexibility index (Phi) is 17.9. The van der Waals surface area contributed by atoms with Crippen molar-refractivity contribution in [1.29, 1.82) is 0 Å². The summed E-state index contributed by atoms with van der Waals surface area (Å²) >= 11 is 11.9. The number of hydrogen-bond acceptors (Lipinski definition) is 5. The Bertz CT molecular complexity index is 1090. The molecule has 0 saturated heterocycles. The number of nitrogens with one attached hydrogen (secondary N) is 1. The highest BCUT2D eigenvalue weighted by Gasteiger charge is 2.14. The summed E-state index contributed by atoms with van der Waals surface area (Å²) in [6, 6.07) is 9.50. The Hall–Kier alpha value is -2.57. The number of unbranched alkanes of at least 4 members (excludes halogenated alkanes) is 14. The molecule has 0 aliphatic rings. The lowest BCUT2D eigenvalue weighted by molar-refractivity contribution is -0.121. The maximum atomic E-state index is 12.5. The van der Waals surface area contributed by atoms with Crippen molar-refractivity contribution < 1.29 is 19.1 Å². The van der Waals surface area contributed by atoms with E-state index in [0.29, 0.717) is 22.8 Å². The van der Waals surface area contributed by atoms with Gasteiger partial charge in [-0.2, -0.15) is 5.10 Å². The van der Waals surface area contributed by atoms with Gasteiger partial charge in [0.25, 0.3) is 0 Å². The number of hydrogen-bond donors (Lipinski definition) is 1. The van der Waals surface area contributed by atoms with Crippen LogP contribution in [0.4, 0.5) is 0 Å². The minimum absolute atomic E-state index is 0.102. The molecule has 8 heteroatoms. The fourth-order valence-corrected chi connectivity index (χ4v) is 4.82. The van der Waals surface area contributed by atoms with E-state index in [2.05, 4.69) is 17.5 Å². The summed E-state index contributed by atoms with van der Waals surface area (Å²) in [5.74, 6) is -0.0890. The van der Waals surface area contributed by atoms with Crippen molar-refractivity contribution >= 4 is 41.3 Å². The molecule has 41 heavy (non-hydrogen) atoms. The molecule has 0 atom stereocenters. The van der Waals surface area contributed by atoms with Crippen molar-refractivity contribution in [2.24, 2.45) is 5.10 Å². The molecule has 0 spiro atoms. The topological polar surface area (TPSA) is 77.0 Å². The third-order valence-electron chi connectivity index (χ3n) is 6.96. The monoisotopic (exact) mass is 604 g/mol. The van der Waals surface area contributed by atoms with Gasteiger partial charge in [0.15, 0.2) is 11.5 Å². The Morgan fingerprint density at radius 3 is 1.90 bits per heavy atom. The molecule has 0 heterocycles. The standard InChI is InChI=1S/C33H46Cl2N2O4/c1-3-4-5-6-7-8-9-10-11-12-13-14-15-16-17-18-32(38)37-36-25-26-19-22-30(31(23-26)40-2)41-33(39)27-20-21-28(34)29(35)24-27/h19-25H,3-18H2,1-2H3,(H,37,38). The van der Waals surface area contributed by atoms with Crippen LogP contribution in [0, 0.1) is 0 Å². The van der Waals surface area contributed by atoms with Gasteiger partial charge in [-0.1, -0.05) is 120 Å². The maximum Gasteiger partial charge on any atom is 0.343 e. The summed E-state index contributed by atoms with van der Waals surface area (Å²) < 4.78 is 10.8. The fourth-order valence-electron chi connectivity index (χ4n) is 4.52. The van der Waals surface area contributed by atoms with Gasteiger partial charge in [0.2, 0.25) is 5.91 Å². The average molecular weight is 606 g/mol. The van der Waals surface area contributed by atoms with Crippen LogP contribution < -0.4 is 14.9 Å². The summed E-state index contributed by atoms with van der Waals surface area (Å²) in [5.41, 5.74) is 3.53. The Morgan fingerprint density at radius 2 is 1.34 bits per heavy atom. The van der Waals surface area contributed by atoms with Crippen LogP contribution in [0.2, 0.25) is 10.0 Å². The number of benzene rings is 2. The number of carbonyl (C=O) groups is 2. The second kappa shape index (κ2) is 21.2. The highest BCUT2D eigenvalue weighted by Crippen LogP contribution is 2.29. The largest absolute Gasteiger partial charge is 0.493 e. The van der Waals surface area contributed by atoms with Crippen LogP contribution in [0.15, 0.2) is 41.5 Å². The Balaban J connectivity index is 1.57. The number of nitrogens with zero attached hydrogens (tertiary/aromatic N) is 1. The van der Waals surface area contributed by atoms with Crippen molar-refractivity contribution in [3.63, 3.8) is 0 Å². The van der Waals surface area contributed by atoms with Crippen LogP contribution in [0.3, 0.4) is 0 Å². The number of esters is 1. The van der Waals surface area contributed by atoms with Crippen LogP contribution in [0.25, 0.3) is 0 Å². The first-order valence-corrected chi connectivity index (χ1v) is 15.9. The van der Waals surface area contributed by atoms with Gasteiger partial charge in [-0.05, 0) is 48.4 Å². The number of amides is 1. The second-order valence-electron chi connectivity index (χ2n) is 10.4. The van der Waals surface area contributed by atoms with Crippen molar-refractivity contribution in [1.82, 2.24) is 5.43 Å². The zero-order chi connectivity index (χ0) is 29.7. The van der Waals surface area contributed by atoms with Gasteiger partial charge in [0.05, 0.1) is 28.9 Å². The molecule has 1 N–H and O–H groups in total. The van der Waals surface area contributed by atoms with Gasteiger partial charge < -0.3 is 9.47 Å². The molecule has 6 nitrogen and oxygen atoms in total. The Labute approximate surface area is 256 Å².